The van der Waals surface area contributed by atoms with E-state index in [0.29, 0.717) is 17.9 Å². The molecule has 8 heteroatoms. The van der Waals surface area contributed by atoms with Crippen LogP contribution in [0.2, 0.25) is 0 Å². The van der Waals surface area contributed by atoms with Gasteiger partial charge in [-0.05, 0) is 63.3 Å². The Labute approximate surface area is 209 Å². The molecule has 1 N–H and O–H groups in total. The maximum Gasteiger partial charge on any atom is 0.299 e. The molecule has 5 rings (SSSR count). The van der Waals surface area contributed by atoms with Gasteiger partial charge in [0.2, 0.25) is 0 Å². The lowest BCUT2D eigenvalue weighted by Crippen LogP contribution is -2.38. The van der Waals surface area contributed by atoms with Crippen molar-refractivity contribution in [3.63, 3.8) is 0 Å². The molecule has 1 saturated heterocycles. The van der Waals surface area contributed by atoms with Gasteiger partial charge in [0.25, 0.3) is 11.8 Å². The zero-order valence-corrected chi connectivity index (χ0v) is 20.2. The number of carbonyl (C=O) groups is 2. The Balaban J connectivity index is 1.52. The minimum absolute atomic E-state index is 0.168. The van der Waals surface area contributed by atoms with E-state index < -0.39 is 0 Å². The van der Waals surface area contributed by atoms with Gasteiger partial charge in [0.1, 0.15) is 11.6 Å². The third-order valence-corrected chi connectivity index (χ3v) is 6.39. The Bertz CT molecular complexity index is 1480. The molecule has 36 heavy (non-hydrogen) atoms. The molecule has 0 spiro atoms. The maximum absolute atomic E-state index is 12.8. The molecule has 0 saturated carbocycles. The molecule has 1 aliphatic heterocycles. The molecule has 0 aliphatic carbocycles. The number of anilines is 1. The summed E-state index contributed by atoms with van der Waals surface area (Å²) in [7, 11) is 0. The van der Waals surface area contributed by atoms with Crippen LogP contribution in [0.25, 0.3) is 16.8 Å². The second kappa shape index (κ2) is 10.0. The van der Waals surface area contributed by atoms with Gasteiger partial charge in [-0.2, -0.15) is 0 Å². The molecule has 1 aliphatic rings. The van der Waals surface area contributed by atoms with Crippen LogP contribution in [0.4, 0.5) is 5.82 Å². The van der Waals surface area contributed by atoms with E-state index >= 15 is 0 Å². The van der Waals surface area contributed by atoms with E-state index in [2.05, 4.69) is 27.1 Å². The molecular weight excluding hydrogens is 452 g/mol. The average Bonchev–Trinajstić information content (AvgIpc) is 3.30. The molecule has 2 amide bonds. The number of hydrogen-bond acceptors (Lipinski definition) is 5. The molecular formula is C28H26N6O2. The summed E-state index contributed by atoms with van der Waals surface area (Å²) in [6.07, 6.45) is 8.07. The first kappa shape index (κ1) is 23.2. The smallest absolute Gasteiger partial charge is 0.299 e. The van der Waals surface area contributed by atoms with Crippen LogP contribution >= 0.6 is 0 Å². The molecule has 4 heterocycles. The third kappa shape index (κ3) is 4.43. The summed E-state index contributed by atoms with van der Waals surface area (Å²) in [5.41, 5.74) is 3.88. The van der Waals surface area contributed by atoms with Gasteiger partial charge < -0.3 is 10.2 Å². The van der Waals surface area contributed by atoms with Crippen molar-refractivity contribution in [2.24, 2.45) is 0 Å². The van der Waals surface area contributed by atoms with Crippen molar-refractivity contribution in [3.05, 3.63) is 78.1 Å². The number of amides is 2. The minimum Gasteiger partial charge on any atom is -0.322 e. The fraction of sp³-hybridized carbons (Fsp3) is 0.250. The number of nitrogens with one attached hydrogen (secondary N) is 1. The van der Waals surface area contributed by atoms with Crippen LogP contribution in [0.5, 0.6) is 0 Å². The van der Waals surface area contributed by atoms with Gasteiger partial charge in [-0.15, -0.1) is 0 Å². The molecule has 180 valence electrons. The number of pyridine rings is 1. The fourth-order valence-electron chi connectivity index (χ4n) is 4.68. The minimum atomic E-state index is -0.234. The predicted molar refractivity (Wildman–Crippen MR) is 137 cm³/mol. The van der Waals surface area contributed by atoms with Crippen molar-refractivity contribution < 1.29 is 9.59 Å². The quantitative estimate of drug-likeness (QED) is 0.438. The number of aryl methyl sites for hydroxylation is 1. The highest BCUT2D eigenvalue weighted by Crippen LogP contribution is 2.35. The summed E-state index contributed by atoms with van der Waals surface area (Å²) in [4.78, 5) is 40.9. The SMILES string of the molecule is CC#CC(=O)N1CCCC[C@H]1c1nc(-c2ccc(C(=O)Nc3ccccn3)cc2)c2c(C)nccn12. The molecule has 4 aromatic rings. The van der Waals surface area contributed by atoms with Gasteiger partial charge in [-0.25, -0.2) is 9.97 Å². The van der Waals surface area contributed by atoms with E-state index in [4.69, 9.17) is 4.98 Å². The van der Waals surface area contributed by atoms with Crippen LogP contribution in [0, 0.1) is 18.8 Å². The highest BCUT2D eigenvalue weighted by Gasteiger charge is 2.31. The van der Waals surface area contributed by atoms with Crippen molar-refractivity contribution in [1.82, 2.24) is 24.3 Å². The van der Waals surface area contributed by atoms with Crippen LogP contribution in [0.1, 0.15) is 54.1 Å². The highest BCUT2D eigenvalue weighted by molar-refractivity contribution is 6.04. The number of nitrogens with zero attached hydrogens (tertiary/aromatic N) is 5. The summed E-state index contributed by atoms with van der Waals surface area (Å²) < 4.78 is 2.04. The van der Waals surface area contributed by atoms with Crippen molar-refractivity contribution in [2.45, 2.75) is 39.2 Å². The number of carbonyl (C=O) groups excluding carboxylic acids is 2. The molecule has 8 nitrogen and oxygen atoms in total. The molecule has 0 unspecified atom stereocenters. The standard InChI is InChI=1S/C28H26N6O2/c1-3-8-24(35)33-17-7-5-9-22(33)27-32-25(26-19(2)29-16-18-34(26)27)20-11-13-21(14-12-20)28(36)31-23-10-4-6-15-30-23/h4,6,10-16,18,22H,5,7,9,17H2,1-2H3,(H,30,31,36)/t22-/m0/s1. The lowest BCUT2D eigenvalue weighted by molar-refractivity contribution is -0.129. The Morgan fingerprint density at radius 2 is 1.89 bits per heavy atom. The lowest BCUT2D eigenvalue weighted by atomic mass is 10.0. The van der Waals surface area contributed by atoms with Gasteiger partial charge in [0.05, 0.1) is 22.9 Å². The van der Waals surface area contributed by atoms with Gasteiger partial charge in [0, 0.05) is 36.3 Å². The highest BCUT2D eigenvalue weighted by atomic mass is 16.2. The summed E-state index contributed by atoms with van der Waals surface area (Å²) in [5, 5.41) is 2.80. The number of imidazole rings is 1. The van der Waals surface area contributed by atoms with Crippen LogP contribution in [-0.2, 0) is 4.79 Å². The average molecular weight is 479 g/mol. The van der Waals surface area contributed by atoms with Gasteiger partial charge in [-0.3, -0.25) is 19.0 Å². The normalized spacial score (nSPS) is 15.3. The first-order chi connectivity index (χ1) is 17.6. The molecule has 1 aromatic carbocycles. The van der Waals surface area contributed by atoms with Crippen LogP contribution in [0.3, 0.4) is 0 Å². The summed E-state index contributed by atoms with van der Waals surface area (Å²) >= 11 is 0. The van der Waals surface area contributed by atoms with E-state index in [0.717, 1.165) is 47.6 Å². The summed E-state index contributed by atoms with van der Waals surface area (Å²) in [5.74, 6) is 6.31. The maximum atomic E-state index is 12.8. The van der Waals surface area contributed by atoms with Crippen molar-refractivity contribution in [2.75, 3.05) is 11.9 Å². The number of hydrogen-bond donors (Lipinski definition) is 1. The monoisotopic (exact) mass is 478 g/mol. The van der Waals surface area contributed by atoms with Crippen molar-refractivity contribution >= 4 is 23.1 Å². The Morgan fingerprint density at radius 1 is 1.06 bits per heavy atom. The first-order valence-electron chi connectivity index (χ1n) is 12.0. The van der Waals surface area contributed by atoms with E-state index in [-0.39, 0.29) is 17.9 Å². The van der Waals surface area contributed by atoms with E-state index in [1.165, 1.54) is 0 Å². The Morgan fingerprint density at radius 3 is 2.64 bits per heavy atom. The fourth-order valence-corrected chi connectivity index (χ4v) is 4.68. The lowest BCUT2D eigenvalue weighted by Gasteiger charge is -2.33. The summed E-state index contributed by atoms with van der Waals surface area (Å²) in [6.45, 7) is 4.28. The molecule has 1 fully saturated rings. The van der Waals surface area contributed by atoms with E-state index in [9.17, 15) is 9.59 Å². The second-order valence-electron chi connectivity index (χ2n) is 8.68. The van der Waals surface area contributed by atoms with Gasteiger partial charge >= 0.3 is 0 Å². The summed E-state index contributed by atoms with van der Waals surface area (Å²) in [6, 6.07) is 12.5. The molecule has 3 aromatic heterocycles. The van der Waals surface area contributed by atoms with Gasteiger partial charge in [0.15, 0.2) is 0 Å². The Kier molecular flexibility index (Phi) is 6.46. The number of likely N-dealkylation sites (tertiary alicyclic amines) is 1. The largest absolute Gasteiger partial charge is 0.322 e. The molecule has 0 radical (unpaired) electrons. The van der Waals surface area contributed by atoms with Crippen LogP contribution in [0.15, 0.2) is 61.1 Å². The van der Waals surface area contributed by atoms with Gasteiger partial charge in [-0.1, -0.05) is 24.1 Å². The third-order valence-electron chi connectivity index (χ3n) is 6.39. The second-order valence-corrected chi connectivity index (χ2v) is 8.68. The van der Waals surface area contributed by atoms with E-state index in [1.54, 1.807) is 43.6 Å². The number of aromatic nitrogens is 4. The zero-order valence-electron chi connectivity index (χ0n) is 20.2. The van der Waals surface area contributed by atoms with Crippen LogP contribution < -0.4 is 5.32 Å². The molecule has 1 atom stereocenters. The van der Waals surface area contributed by atoms with Crippen molar-refractivity contribution in [3.8, 4) is 23.1 Å². The number of piperidine rings is 1. The number of rotatable bonds is 4. The predicted octanol–water partition coefficient (Wildman–Crippen LogP) is 4.43. The van der Waals surface area contributed by atoms with Crippen LogP contribution in [-0.4, -0.2) is 42.6 Å². The number of fused-ring (bicyclic) bond motifs is 1. The van der Waals surface area contributed by atoms with Crippen molar-refractivity contribution in [1.29, 1.82) is 0 Å². The number of benzene rings is 1. The zero-order chi connectivity index (χ0) is 25.1. The van der Waals surface area contributed by atoms with E-state index in [1.807, 2.05) is 40.6 Å². The molecule has 0 bridgehead atoms. The topological polar surface area (TPSA) is 92.5 Å². The Hall–Kier alpha value is -4.51. The first-order valence-corrected chi connectivity index (χ1v) is 12.0.